The third-order valence-electron chi connectivity index (χ3n) is 5.89. The van der Waals surface area contributed by atoms with E-state index in [2.05, 4.69) is 10.4 Å². The standard InChI is InChI=1S/C25H27FN4O4/c1-33-21-10-5-17(14-22(21)34-2)15-27-25(32)18-4-3-13-29(16-18)23-11-12-24(31)30(28-23)20-8-6-19(26)7-9-20/h5-12,14,18H,3-4,13,15-16H2,1-2H3,(H,27,32). The Balaban J connectivity index is 1.43. The fraction of sp³-hybridized carbons (Fsp3) is 0.320. The molecule has 0 spiro atoms. The van der Waals surface area contributed by atoms with Crippen LogP contribution in [0.5, 0.6) is 11.5 Å². The molecule has 8 nitrogen and oxygen atoms in total. The number of carbonyl (C=O) groups excluding carboxylic acids is 1. The second kappa shape index (κ2) is 10.4. The van der Waals surface area contributed by atoms with Gasteiger partial charge in [-0.25, -0.2) is 4.39 Å². The Morgan fingerprint density at radius 2 is 1.85 bits per heavy atom. The van der Waals surface area contributed by atoms with E-state index in [4.69, 9.17) is 9.47 Å². The van der Waals surface area contributed by atoms with Gasteiger partial charge in [0.2, 0.25) is 5.91 Å². The highest BCUT2D eigenvalue weighted by molar-refractivity contribution is 5.79. The number of piperidine rings is 1. The Morgan fingerprint density at radius 3 is 2.59 bits per heavy atom. The molecule has 2 heterocycles. The average molecular weight is 467 g/mol. The van der Waals surface area contributed by atoms with Crippen molar-refractivity contribution in [2.45, 2.75) is 19.4 Å². The van der Waals surface area contributed by atoms with Gasteiger partial charge in [-0.3, -0.25) is 9.59 Å². The fourth-order valence-corrected chi connectivity index (χ4v) is 4.06. The summed E-state index contributed by atoms with van der Waals surface area (Å²) in [5.74, 6) is 1.22. The number of anilines is 1. The number of halogens is 1. The van der Waals surface area contributed by atoms with Gasteiger partial charge >= 0.3 is 0 Å². The molecule has 9 heteroatoms. The first-order chi connectivity index (χ1) is 16.5. The van der Waals surface area contributed by atoms with Gasteiger partial charge in [-0.15, -0.1) is 5.10 Å². The van der Waals surface area contributed by atoms with E-state index in [0.29, 0.717) is 36.1 Å². The van der Waals surface area contributed by atoms with Crippen molar-refractivity contribution in [2.75, 3.05) is 32.2 Å². The summed E-state index contributed by atoms with van der Waals surface area (Å²) in [6.07, 6.45) is 1.59. The molecular formula is C25H27FN4O4. The Labute approximate surface area is 196 Å². The second-order valence-electron chi connectivity index (χ2n) is 8.11. The van der Waals surface area contributed by atoms with Gasteiger partial charge in [0.1, 0.15) is 11.6 Å². The quantitative estimate of drug-likeness (QED) is 0.576. The molecule has 1 saturated heterocycles. The minimum atomic E-state index is -0.383. The van der Waals surface area contributed by atoms with Crippen molar-refractivity contribution in [2.24, 2.45) is 5.92 Å². The molecule has 3 aromatic rings. The first kappa shape index (κ1) is 23.3. The predicted octanol–water partition coefficient (Wildman–Crippen LogP) is 2.92. The van der Waals surface area contributed by atoms with Crippen molar-refractivity contribution in [1.82, 2.24) is 15.1 Å². The summed E-state index contributed by atoms with van der Waals surface area (Å²) in [5.41, 5.74) is 1.08. The third kappa shape index (κ3) is 5.19. The molecule has 1 aliphatic heterocycles. The fourth-order valence-electron chi connectivity index (χ4n) is 4.06. The molecule has 1 aliphatic rings. The number of amides is 1. The summed E-state index contributed by atoms with van der Waals surface area (Å²) < 4.78 is 25.1. The van der Waals surface area contributed by atoms with Crippen LogP contribution in [0.15, 0.2) is 59.4 Å². The number of benzene rings is 2. The average Bonchev–Trinajstić information content (AvgIpc) is 2.88. The van der Waals surface area contributed by atoms with E-state index in [9.17, 15) is 14.0 Å². The van der Waals surface area contributed by atoms with Crippen LogP contribution in [0, 0.1) is 11.7 Å². The number of methoxy groups -OCH3 is 2. The Bertz CT molecular complexity index is 1210. The largest absolute Gasteiger partial charge is 0.493 e. The van der Waals surface area contributed by atoms with Crippen molar-refractivity contribution < 1.29 is 18.7 Å². The predicted molar refractivity (Wildman–Crippen MR) is 126 cm³/mol. The molecule has 34 heavy (non-hydrogen) atoms. The van der Waals surface area contributed by atoms with E-state index in [-0.39, 0.29) is 23.2 Å². The highest BCUT2D eigenvalue weighted by Gasteiger charge is 2.27. The topological polar surface area (TPSA) is 85.7 Å². The number of nitrogens with zero attached hydrogens (tertiary/aromatic N) is 3. The number of aromatic nitrogens is 2. The summed E-state index contributed by atoms with van der Waals surface area (Å²) in [6, 6.07) is 14.2. The Morgan fingerprint density at radius 1 is 1.09 bits per heavy atom. The highest BCUT2D eigenvalue weighted by Crippen LogP contribution is 2.27. The molecule has 0 bridgehead atoms. The zero-order valence-electron chi connectivity index (χ0n) is 19.2. The minimum absolute atomic E-state index is 0.0358. The highest BCUT2D eigenvalue weighted by atomic mass is 19.1. The Hall–Kier alpha value is -3.88. The maximum absolute atomic E-state index is 13.3. The zero-order chi connectivity index (χ0) is 24.1. The number of rotatable bonds is 7. The normalized spacial score (nSPS) is 15.6. The van der Waals surface area contributed by atoms with Gasteiger partial charge in [-0.1, -0.05) is 6.07 Å². The van der Waals surface area contributed by atoms with Gasteiger partial charge in [0.25, 0.3) is 5.56 Å². The van der Waals surface area contributed by atoms with E-state index in [1.165, 1.54) is 35.0 Å². The maximum Gasteiger partial charge on any atom is 0.271 e. The van der Waals surface area contributed by atoms with Crippen molar-refractivity contribution in [3.63, 3.8) is 0 Å². The summed E-state index contributed by atoms with van der Waals surface area (Å²) >= 11 is 0. The monoisotopic (exact) mass is 466 g/mol. The lowest BCUT2D eigenvalue weighted by Gasteiger charge is -2.33. The van der Waals surface area contributed by atoms with E-state index in [1.807, 2.05) is 23.1 Å². The number of hydrogen-bond donors (Lipinski definition) is 1. The molecule has 1 fully saturated rings. The molecule has 4 rings (SSSR count). The molecule has 0 saturated carbocycles. The maximum atomic E-state index is 13.3. The SMILES string of the molecule is COc1ccc(CNC(=O)C2CCCN(c3ccc(=O)n(-c4ccc(F)cc4)n3)C2)cc1OC. The molecule has 2 aromatic carbocycles. The summed E-state index contributed by atoms with van der Waals surface area (Å²) in [5, 5.41) is 7.48. The molecule has 0 radical (unpaired) electrons. The van der Waals surface area contributed by atoms with Crippen molar-refractivity contribution >= 4 is 11.7 Å². The van der Waals surface area contributed by atoms with Crippen LogP contribution in [-0.4, -0.2) is 43.0 Å². The summed E-state index contributed by atoms with van der Waals surface area (Å²) in [7, 11) is 3.15. The number of hydrogen-bond acceptors (Lipinski definition) is 6. The van der Waals surface area contributed by atoms with Gasteiger partial charge in [0.05, 0.1) is 25.8 Å². The molecule has 1 aromatic heterocycles. The van der Waals surface area contributed by atoms with Crippen LogP contribution in [0.4, 0.5) is 10.2 Å². The second-order valence-corrected chi connectivity index (χ2v) is 8.11. The molecule has 1 N–H and O–H groups in total. The first-order valence-electron chi connectivity index (χ1n) is 11.1. The van der Waals surface area contributed by atoms with Crippen LogP contribution < -0.4 is 25.2 Å². The number of ether oxygens (including phenoxy) is 2. The van der Waals surface area contributed by atoms with Crippen LogP contribution in [0.3, 0.4) is 0 Å². The van der Waals surface area contributed by atoms with Crippen molar-refractivity contribution in [3.05, 3.63) is 76.3 Å². The van der Waals surface area contributed by atoms with Crippen LogP contribution in [0.25, 0.3) is 5.69 Å². The summed E-state index contributed by atoms with van der Waals surface area (Å²) in [4.78, 5) is 27.2. The third-order valence-corrected chi connectivity index (χ3v) is 5.89. The van der Waals surface area contributed by atoms with Gasteiger partial charge in [-0.2, -0.15) is 4.68 Å². The lowest BCUT2D eigenvalue weighted by Crippen LogP contribution is -2.43. The molecule has 1 atom stereocenters. The lowest BCUT2D eigenvalue weighted by atomic mass is 9.97. The van der Waals surface area contributed by atoms with E-state index in [0.717, 1.165) is 24.9 Å². The van der Waals surface area contributed by atoms with Crippen molar-refractivity contribution in [3.8, 4) is 17.2 Å². The van der Waals surface area contributed by atoms with Gasteiger partial charge in [-0.05, 0) is 60.9 Å². The number of carbonyl (C=O) groups is 1. The van der Waals surface area contributed by atoms with Gasteiger partial charge < -0.3 is 19.7 Å². The van der Waals surface area contributed by atoms with Crippen LogP contribution in [0.2, 0.25) is 0 Å². The molecule has 1 amide bonds. The molecular weight excluding hydrogens is 439 g/mol. The van der Waals surface area contributed by atoms with Crippen LogP contribution in [0.1, 0.15) is 18.4 Å². The smallest absolute Gasteiger partial charge is 0.271 e. The zero-order valence-corrected chi connectivity index (χ0v) is 19.2. The lowest BCUT2D eigenvalue weighted by molar-refractivity contribution is -0.125. The summed E-state index contributed by atoms with van der Waals surface area (Å²) in [6.45, 7) is 1.60. The van der Waals surface area contributed by atoms with Crippen molar-refractivity contribution in [1.29, 1.82) is 0 Å². The number of nitrogens with one attached hydrogen (secondary N) is 1. The van der Waals surface area contributed by atoms with E-state index < -0.39 is 0 Å². The van der Waals surface area contributed by atoms with E-state index in [1.54, 1.807) is 20.3 Å². The van der Waals surface area contributed by atoms with Crippen LogP contribution >= 0.6 is 0 Å². The van der Waals surface area contributed by atoms with Gasteiger partial charge in [0, 0.05) is 25.7 Å². The molecule has 1 unspecified atom stereocenters. The minimum Gasteiger partial charge on any atom is -0.493 e. The van der Waals surface area contributed by atoms with Gasteiger partial charge in [0.15, 0.2) is 11.5 Å². The Kier molecular flexibility index (Phi) is 7.10. The first-order valence-corrected chi connectivity index (χ1v) is 11.1. The van der Waals surface area contributed by atoms with Crippen LogP contribution in [-0.2, 0) is 11.3 Å². The van der Waals surface area contributed by atoms with E-state index >= 15 is 0 Å². The molecule has 178 valence electrons. The molecule has 0 aliphatic carbocycles.